The first kappa shape index (κ1) is 17.1. The molecule has 2 aromatic heterocycles. The second kappa shape index (κ2) is 7.90. The molecule has 1 fully saturated rings. The molecule has 0 amide bonds. The van der Waals surface area contributed by atoms with Gasteiger partial charge in [0.15, 0.2) is 0 Å². The molecule has 0 bridgehead atoms. The van der Waals surface area contributed by atoms with Gasteiger partial charge in [0, 0.05) is 50.1 Å². The molecule has 1 saturated heterocycles. The summed E-state index contributed by atoms with van der Waals surface area (Å²) in [6, 6.07) is 2.50. The van der Waals surface area contributed by atoms with E-state index in [-0.39, 0.29) is 0 Å². The average molecular weight is 347 g/mol. The number of hydrogen-bond donors (Lipinski definition) is 2. The molecular formula is C17H26N6S. The summed E-state index contributed by atoms with van der Waals surface area (Å²) < 4.78 is 0. The van der Waals surface area contributed by atoms with Crippen LogP contribution >= 0.6 is 11.3 Å². The topological polar surface area (TPSA) is 66.0 Å². The van der Waals surface area contributed by atoms with Crippen LogP contribution in [0.15, 0.2) is 17.8 Å². The Morgan fingerprint density at radius 3 is 3.00 bits per heavy atom. The molecule has 3 rings (SSSR count). The quantitative estimate of drug-likeness (QED) is 0.804. The predicted octanol–water partition coefficient (Wildman–Crippen LogP) is 2.86. The maximum absolute atomic E-state index is 4.69. The van der Waals surface area contributed by atoms with Gasteiger partial charge in [-0.15, -0.1) is 11.3 Å². The summed E-state index contributed by atoms with van der Waals surface area (Å²) in [4.78, 5) is 15.7. The van der Waals surface area contributed by atoms with Crippen LogP contribution in [0.2, 0.25) is 0 Å². The predicted molar refractivity (Wildman–Crippen MR) is 99.9 cm³/mol. The van der Waals surface area contributed by atoms with Crippen molar-refractivity contribution in [1.82, 2.24) is 20.3 Å². The Hall–Kier alpha value is -1.73. The summed E-state index contributed by atoms with van der Waals surface area (Å²) in [5.74, 6) is 2.38. The first-order valence-electron chi connectivity index (χ1n) is 8.59. The van der Waals surface area contributed by atoms with E-state index in [1.54, 1.807) is 17.7 Å². The summed E-state index contributed by atoms with van der Waals surface area (Å²) in [6.07, 6.45) is 4.03. The molecule has 1 aliphatic heterocycles. The van der Waals surface area contributed by atoms with Gasteiger partial charge in [0.25, 0.3) is 0 Å². The zero-order valence-corrected chi connectivity index (χ0v) is 15.4. The van der Waals surface area contributed by atoms with Gasteiger partial charge in [0.1, 0.15) is 18.0 Å². The molecule has 2 N–H and O–H groups in total. The van der Waals surface area contributed by atoms with E-state index in [1.807, 2.05) is 13.1 Å². The van der Waals surface area contributed by atoms with Crippen LogP contribution in [-0.4, -0.2) is 41.1 Å². The van der Waals surface area contributed by atoms with E-state index in [0.717, 1.165) is 37.0 Å². The summed E-state index contributed by atoms with van der Waals surface area (Å²) in [6.45, 7) is 7.22. The molecule has 1 aliphatic rings. The highest BCUT2D eigenvalue weighted by molar-refractivity contribution is 7.09. The molecule has 2 aromatic rings. The highest BCUT2D eigenvalue weighted by Crippen LogP contribution is 2.24. The Bertz CT molecular complexity index is 656. The van der Waals surface area contributed by atoms with E-state index >= 15 is 0 Å². The molecule has 7 heteroatoms. The SMILES string of the molecule is CNc1cc(N2CCC[C@@H]2CNCc2csc(C(C)C)n2)ncn1. The van der Waals surface area contributed by atoms with Crippen molar-refractivity contribution in [3.05, 3.63) is 28.5 Å². The van der Waals surface area contributed by atoms with Crippen molar-refractivity contribution in [1.29, 1.82) is 0 Å². The van der Waals surface area contributed by atoms with Crippen LogP contribution in [0.3, 0.4) is 0 Å². The van der Waals surface area contributed by atoms with Crippen LogP contribution in [0.25, 0.3) is 0 Å². The lowest BCUT2D eigenvalue weighted by molar-refractivity contribution is 0.566. The smallest absolute Gasteiger partial charge is 0.134 e. The monoisotopic (exact) mass is 346 g/mol. The van der Waals surface area contributed by atoms with Crippen LogP contribution in [0.1, 0.15) is 43.3 Å². The third-order valence-corrected chi connectivity index (χ3v) is 5.52. The molecule has 0 aromatic carbocycles. The molecule has 6 nitrogen and oxygen atoms in total. The van der Waals surface area contributed by atoms with Crippen LogP contribution in [-0.2, 0) is 6.54 Å². The zero-order chi connectivity index (χ0) is 16.9. The lowest BCUT2D eigenvalue weighted by atomic mass is 10.2. The second-order valence-electron chi connectivity index (χ2n) is 6.46. The number of aromatic nitrogens is 3. The van der Waals surface area contributed by atoms with Crippen LogP contribution in [0, 0.1) is 0 Å². The Morgan fingerprint density at radius 1 is 1.38 bits per heavy atom. The summed E-state index contributed by atoms with van der Waals surface area (Å²) in [5.41, 5.74) is 1.15. The minimum absolute atomic E-state index is 0.479. The normalized spacial score (nSPS) is 17.7. The average Bonchev–Trinajstić information content (AvgIpc) is 3.24. The van der Waals surface area contributed by atoms with Gasteiger partial charge in [-0.05, 0) is 12.8 Å². The zero-order valence-electron chi connectivity index (χ0n) is 14.6. The van der Waals surface area contributed by atoms with Gasteiger partial charge in [0.2, 0.25) is 0 Å². The maximum Gasteiger partial charge on any atom is 0.134 e. The Morgan fingerprint density at radius 2 is 2.25 bits per heavy atom. The third-order valence-electron chi connectivity index (χ3n) is 4.33. The van der Waals surface area contributed by atoms with Crippen LogP contribution in [0.5, 0.6) is 0 Å². The molecular weight excluding hydrogens is 320 g/mol. The fourth-order valence-corrected chi connectivity index (χ4v) is 3.86. The lowest BCUT2D eigenvalue weighted by Gasteiger charge is -2.26. The van der Waals surface area contributed by atoms with E-state index in [0.29, 0.717) is 12.0 Å². The Labute approximate surface area is 147 Å². The Kier molecular flexibility index (Phi) is 5.63. The van der Waals surface area contributed by atoms with Gasteiger partial charge in [-0.2, -0.15) is 0 Å². The molecule has 24 heavy (non-hydrogen) atoms. The van der Waals surface area contributed by atoms with Crippen molar-refractivity contribution in [2.45, 2.75) is 45.2 Å². The molecule has 0 radical (unpaired) electrons. The summed E-state index contributed by atoms with van der Waals surface area (Å²) >= 11 is 1.76. The second-order valence-corrected chi connectivity index (χ2v) is 7.35. The van der Waals surface area contributed by atoms with Crippen LogP contribution in [0.4, 0.5) is 11.6 Å². The number of thiazole rings is 1. The first-order chi connectivity index (χ1) is 11.7. The highest BCUT2D eigenvalue weighted by Gasteiger charge is 2.25. The van der Waals surface area contributed by atoms with Gasteiger partial charge in [0.05, 0.1) is 10.7 Å². The maximum atomic E-state index is 4.69. The van der Waals surface area contributed by atoms with E-state index in [9.17, 15) is 0 Å². The molecule has 1 atom stereocenters. The van der Waals surface area contributed by atoms with Gasteiger partial charge < -0.3 is 15.5 Å². The molecule has 0 saturated carbocycles. The molecule has 130 valence electrons. The van der Waals surface area contributed by atoms with Crippen molar-refractivity contribution < 1.29 is 0 Å². The van der Waals surface area contributed by atoms with Crippen LogP contribution < -0.4 is 15.5 Å². The van der Waals surface area contributed by atoms with Crippen molar-refractivity contribution >= 4 is 23.0 Å². The van der Waals surface area contributed by atoms with E-state index in [4.69, 9.17) is 0 Å². The highest BCUT2D eigenvalue weighted by atomic mass is 32.1. The lowest BCUT2D eigenvalue weighted by Crippen LogP contribution is -2.38. The largest absolute Gasteiger partial charge is 0.373 e. The standard InChI is InChI=1S/C17H26N6S/c1-12(2)17-22-13(10-24-17)8-19-9-14-5-4-6-23(14)16-7-15(18-3)20-11-21-16/h7,10-12,14,19H,4-6,8-9H2,1-3H3,(H,18,20,21)/t14-/m1/s1. The summed E-state index contributed by atoms with van der Waals surface area (Å²) in [5, 5.41) is 10.0. The fraction of sp³-hybridized carbons (Fsp3) is 0.588. The van der Waals surface area contributed by atoms with Gasteiger partial charge in [-0.25, -0.2) is 15.0 Å². The third kappa shape index (κ3) is 4.02. The number of hydrogen-bond acceptors (Lipinski definition) is 7. The molecule has 0 spiro atoms. The van der Waals surface area contributed by atoms with Crippen molar-refractivity contribution in [2.75, 3.05) is 30.4 Å². The van der Waals surface area contributed by atoms with Gasteiger partial charge in [-0.1, -0.05) is 13.8 Å². The van der Waals surface area contributed by atoms with Crippen molar-refractivity contribution in [3.63, 3.8) is 0 Å². The first-order valence-corrected chi connectivity index (χ1v) is 9.46. The van der Waals surface area contributed by atoms with E-state index in [1.165, 1.54) is 17.8 Å². The minimum Gasteiger partial charge on any atom is -0.373 e. The fourth-order valence-electron chi connectivity index (χ4n) is 3.03. The van der Waals surface area contributed by atoms with E-state index in [2.05, 4.69) is 49.7 Å². The molecule has 3 heterocycles. The number of nitrogens with one attached hydrogen (secondary N) is 2. The van der Waals surface area contributed by atoms with Gasteiger partial charge >= 0.3 is 0 Å². The van der Waals surface area contributed by atoms with E-state index < -0.39 is 0 Å². The number of nitrogens with zero attached hydrogens (tertiary/aromatic N) is 4. The van der Waals surface area contributed by atoms with Gasteiger partial charge in [-0.3, -0.25) is 0 Å². The van der Waals surface area contributed by atoms with Crippen molar-refractivity contribution in [3.8, 4) is 0 Å². The van der Waals surface area contributed by atoms with Crippen molar-refractivity contribution in [2.24, 2.45) is 0 Å². The number of rotatable bonds is 7. The molecule has 0 unspecified atom stereocenters. The minimum atomic E-state index is 0.479. The summed E-state index contributed by atoms with van der Waals surface area (Å²) in [7, 11) is 1.88. The molecule has 0 aliphatic carbocycles. The number of anilines is 2. The Balaban J connectivity index is 1.55.